The number of esters is 1. The summed E-state index contributed by atoms with van der Waals surface area (Å²) in [5, 5.41) is 0.660. The molecule has 1 heterocycles. The van der Waals surface area contributed by atoms with Crippen LogP contribution in [0.25, 0.3) is 11.3 Å². The molecule has 0 unspecified atom stereocenters. The minimum absolute atomic E-state index is 0.381. The number of carbonyl (C=O) groups is 1. The van der Waals surface area contributed by atoms with E-state index in [4.69, 9.17) is 20.8 Å². The minimum Gasteiger partial charge on any atom is -0.465 e. The number of hydrogen-bond donors (Lipinski definition) is 0. The van der Waals surface area contributed by atoms with Crippen LogP contribution in [-0.4, -0.2) is 13.1 Å². The molecule has 0 N–H and O–H groups in total. The Kier molecular flexibility index (Phi) is 3.43. The van der Waals surface area contributed by atoms with Crippen molar-refractivity contribution in [1.82, 2.24) is 0 Å². The molecule has 0 bridgehead atoms. The molecule has 0 saturated heterocycles. The summed E-state index contributed by atoms with van der Waals surface area (Å²) in [4.78, 5) is 11.7. The first-order valence-electron chi connectivity index (χ1n) is 5.49. The van der Waals surface area contributed by atoms with E-state index >= 15 is 0 Å². The molecular weight excluding hydrogens is 252 g/mol. The fourth-order valence-corrected chi connectivity index (χ4v) is 2.06. The van der Waals surface area contributed by atoms with Crippen molar-refractivity contribution < 1.29 is 13.9 Å². The highest BCUT2D eigenvalue weighted by Crippen LogP contribution is 2.31. The van der Waals surface area contributed by atoms with Crippen molar-refractivity contribution in [2.45, 2.75) is 13.8 Å². The van der Waals surface area contributed by atoms with Gasteiger partial charge in [-0.25, -0.2) is 4.79 Å². The van der Waals surface area contributed by atoms with Crippen LogP contribution in [0.2, 0.25) is 5.02 Å². The largest absolute Gasteiger partial charge is 0.465 e. The lowest BCUT2D eigenvalue weighted by atomic mass is 10.1. The van der Waals surface area contributed by atoms with Crippen LogP contribution in [0, 0.1) is 13.8 Å². The number of benzene rings is 1. The van der Waals surface area contributed by atoms with Gasteiger partial charge in [-0.05, 0) is 38.1 Å². The van der Waals surface area contributed by atoms with E-state index in [2.05, 4.69) is 0 Å². The predicted octanol–water partition coefficient (Wildman–Crippen LogP) is 4.00. The van der Waals surface area contributed by atoms with Crippen molar-refractivity contribution in [1.29, 1.82) is 0 Å². The summed E-state index contributed by atoms with van der Waals surface area (Å²) in [7, 11) is 1.36. The van der Waals surface area contributed by atoms with Crippen molar-refractivity contribution in [3.8, 4) is 11.3 Å². The lowest BCUT2D eigenvalue weighted by Crippen LogP contribution is -2.03. The molecule has 2 rings (SSSR count). The molecule has 0 aliphatic rings. The van der Waals surface area contributed by atoms with E-state index in [1.165, 1.54) is 7.11 Å². The highest BCUT2D eigenvalue weighted by molar-refractivity contribution is 6.30. The third-order valence-corrected chi connectivity index (χ3v) is 3.07. The van der Waals surface area contributed by atoms with Crippen LogP contribution in [0.4, 0.5) is 0 Å². The molecule has 4 heteroatoms. The Bertz CT molecular complexity index is 582. The fraction of sp³-hybridized carbons (Fsp3) is 0.214. The molecule has 0 spiro atoms. The van der Waals surface area contributed by atoms with Crippen LogP contribution in [0.1, 0.15) is 21.7 Å². The van der Waals surface area contributed by atoms with Gasteiger partial charge in [-0.15, -0.1) is 0 Å². The summed E-state index contributed by atoms with van der Waals surface area (Å²) in [6.07, 6.45) is 0. The van der Waals surface area contributed by atoms with Gasteiger partial charge >= 0.3 is 5.97 Å². The summed E-state index contributed by atoms with van der Waals surface area (Å²) in [5.74, 6) is 0.850. The average Bonchev–Trinajstić information content (AvgIpc) is 2.65. The van der Waals surface area contributed by atoms with Crippen LogP contribution in [0.5, 0.6) is 0 Å². The number of methoxy groups -OCH3 is 1. The lowest BCUT2D eigenvalue weighted by Gasteiger charge is -2.00. The van der Waals surface area contributed by atoms with Crippen molar-refractivity contribution in [3.05, 3.63) is 46.2 Å². The van der Waals surface area contributed by atoms with Gasteiger partial charge in [0.1, 0.15) is 17.1 Å². The topological polar surface area (TPSA) is 39.4 Å². The number of aryl methyl sites for hydroxylation is 1. The standard InChI is InChI=1S/C14H13ClO3/c1-8-12(14(16)17-3)9(2)18-13(8)10-4-6-11(15)7-5-10/h4-7H,1-3H3. The molecule has 2 aromatic rings. The first-order chi connectivity index (χ1) is 8.54. The summed E-state index contributed by atoms with van der Waals surface area (Å²) < 4.78 is 10.4. The fourth-order valence-electron chi connectivity index (χ4n) is 1.93. The van der Waals surface area contributed by atoms with E-state index in [-0.39, 0.29) is 5.97 Å². The smallest absolute Gasteiger partial charge is 0.341 e. The molecule has 94 valence electrons. The first kappa shape index (κ1) is 12.7. The Morgan fingerprint density at radius 2 is 1.83 bits per heavy atom. The first-order valence-corrected chi connectivity index (χ1v) is 5.86. The quantitative estimate of drug-likeness (QED) is 0.770. The van der Waals surface area contributed by atoms with E-state index in [0.29, 0.717) is 22.1 Å². The third kappa shape index (κ3) is 2.14. The van der Waals surface area contributed by atoms with E-state index < -0.39 is 0 Å². The van der Waals surface area contributed by atoms with Gasteiger partial charge in [0.05, 0.1) is 7.11 Å². The number of halogens is 1. The Balaban J connectivity index is 2.53. The molecular formula is C14H13ClO3. The molecule has 0 radical (unpaired) electrons. The second-order valence-corrected chi connectivity index (χ2v) is 4.42. The van der Waals surface area contributed by atoms with Crippen molar-refractivity contribution in [2.75, 3.05) is 7.11 Å². The summed E-state index contributed by atoms with van der Waals surface area (Å²) >= 11 is 5.84. The van der Waals surface area contributed by atoms with Gasteiger partial charge in [0.2, 0.25) is 0 Å². The average molecular weight is 265 g/mol. The molecule has 3 nitrogen and oxygen atoms in total. The van der Waals surface area contributed by atoms with Gasteiger partial charge in [0.15, 0.2) is 0 Å². The van der Waals surface area contributed by atoms with Gasteiger partial charge in [0, 0.05) is 16.1 Å². The Labute approximate surface area is 110 Å². The van der Waals surface area contributed by atoms with Crippen molar-refractivity contribution in [3.63, 3.8) is 0 Å². The second kappa shape index (κ2) is 4.86. The Morgan fingerprint density at radius 1 is 1.22 bits per heavy atom. The van der Waals surface area contributed by atoms with Crippen molar-refractivity contribution in [2.24, 2.45) is 0 Å². The predicted molar refractivity (Wildman–Crippen MR) is 70.0 cm³/mol. The number of ether oxygens (including phenoxy) is 1. The van der Waals surface area contributed by atoms with Gasteiger partial charge in [0.25, 0.3) is 0 Å². The molecule has 1 aromatic carbocycles. The number of furan rings is 1. The zero-order chi connectivity index (χ0) is 13.3. The molecule has 0 atom stereocenters. The lowest BCUT2D eigenvalue weighted by molar-refractivity contribution is 0.0598. The zero-order valence-corrected chi connectivity index (χ0v) is 11.2. The number of hydrogen-bond acceptors (Lipinski definition) is 3. The van der Waals surface area contributed by atoms with E-state index in [0.717, 1.165) is 11.1 Å². The molecule has 0 saturated carbocycles. The highest BCUT2D eigenvalue weighted by Gasteiger charge is 2.21. The van der Waals surface area contributed by atoms with Gasteiger partial charge in [-0.2, -0.15) is 0 Å². The maximum absolute atomic E-state index is 11.7. The van der Waals surface area contributed by atoms with Gasteiger partial charge in [-0.1, -0.05) is 11.6 Å². The molecule has 0 amide bonds. The third-order valence-electron chi connectivity index (χ3n) is 2.82. The number of rotatable bonds is 2. The zero-order valence-electron chi connectivity index (χ0n) is 10.4. The minimum atomic E-state index is -0.381. The normalized spacial score (nSPS) is 10.4. The Hall–Kier alpha value is -1.74. The van der Waals surface area contributed by atoms with E-state index in [1.54, 1.807) is 19.1 Å². The summed E-state index contributed by atoms with van der Waals surface area (Å²) in [6.45, 7) is 3.59. The summed E-state index contributed by atoms with van der Waals surface area (Å²) in [6, 6.07) is 7.28. The van der Waals surface area contributed by atoms with Crippen LogP contribution in [0.3, 0.4) is 0 Å². The molecule has 0 aliphatic carbocycles. The Morgan fingerprint density at radius 3 is 2.39 bits per heavy atom. The SMILES string of the molecule is COC(=O)c1c(C)oc(-c2ccc(Cl)cc2)c1C. The van der Waals surface area contributed by atoms with Crippen LogP contribution >= 0.6 is 11.6 Å². The maximum atomic E-state index is 11.7. The molecule has 0 fully saturated rings. The van der Waals surface area contributed by atoms with E-state index in [1.807, 2.05) is 19.1 Å². The molecule has 1 aromatic heterocycles. The van der Waals surface area contributed by atoms with Crippen LogP contribution < -0.4 is 0 Å². The van der Waals surface area contributed by atoms with Gasteiger partial charge in [-0.3, -0.25) is 0 Å². The van der Waals surface area contributed by atoms with Gasteiger partial charge < -0.3 is 9.15 Å². The number of carbonyl (C=O) groups excluding carboxylic acids is 1. The maximum Gasteiger partial charge on any atom is 0.341 e. The molecule has 0 aliphatic heterocycles. The summed E-state index contributed by atoms with van der Waals surface area (Å²) in [5.41, 5.74) is 2.15. The van der Waals surface area contributed by atoms with Crippen LogP contribution in [-0.2, 0) is 4.74 Å². The molecule has 18 heavy (non-hydrogen) atoms. The van der Waals surface area contributed by atoms with Crippen molar-refractivity contribution >= 4 is 17.6 Å². The van der Waals surface area contributed by atoms with E-state index in [9.17, 15) is 4.79 Å². The van der Waals surface area contributed by atoms with Crippen LogP contribution in [0.15, 0.2) is 28.7 Å². The highest BCUT2D eigenvalue weighted by atomic mass is 35.5. The second-order valence-electron chi connectivity index (χ2n) is 3.99. The monoisotopic (exact) mass is 264 g/mol.